The summed E-state index contributed by atoms with van der Waals surface area (Å²) in [5, 5.41) is 6.39. The molecule has 0 radical (unpaired) electrons. The molecule has 1 unspecified atom stereocenters. The Morgan fingerprint density at radius 3 is 2.35 bits per heavy atom. The van der Waals surface area contributed by atoms with E-state index in [0.717, 1.165) is 58.3 Å². The van der Waals surface area contributed by atoms with Gasteiger partial charge in [-0.3, -0.25) is 14.6 Å². The van der Waals surface area contributed by atoms with Crippen molar-refractivity contribution < 1.29 is 4.79 Å². The highest BCUT2D eigenvalue weighted by Crippen LogP contribution is 2.12. The molecule has 116 valence electrons. The lowest BCUT2D eigenvalue weighted by Gasteiger charge is -2.44. The molecule has 0 spiro atoms. The second kappa shape index (κ2) is 7.38. The van der Waals surface area contributed by atoms with Gasteiger partial charge in [-0.15, -0.1) is 0 Å². The quantitative estimate of drug-likeness (QED) is 0.727. The van der Waals surface area contributed by atoms with E-state index in [1.165, 1.54) is 0 Å². The minimum Gasteiger partial charge on any atom is -0.355 e. The summed E-state index contributed by atoms with van der Waals surface area (Å²) < 4.78 is 0. The van der Waals surface area contributed by atoms with E-state index in [1.807, 2.05) is 6.92 Å². The molecular formula is C15H30N4O. The van der Waals surface area contributed by atoms with Crippen molar-refractivity contribution in [3.05, 3.63) is 0 Å². The highest BCUT2D eigenvalue weighted by atomic mass is 16.2. The molecule has 2 saturated heterocycles. The predicted octanol–water partition coefficient (Wildman–Crippen LogP) is 0.127. The molecule has 1 amide bonds. The molecule has 2 aliphatic heterocycles. The monoisotopic (exact) mass is 282 g/mol. The van der Waals surface area contributed by atoms with Crippen LogP contribution in [0, 0.1) is 5.92 Å². The SMILES string of the molecule is CC(C)CCNC(=O)C(C)N1CCN(C2CNC2)CC1. The first-order valence-corrected chi connectivity index (χ1v) is 8.04. The third kappa shape index (κ3) is 4.17. The fourth-order valence-corrected chi connectivity index (χ4v) is 2.82. The highest BCUT2D eigenvalue weighted by Gasteiger charge is 2.30. The van der Waals surface area contributed by atoms with Crippen molar-refractivity contribution in [3.63, 3.8) is 0 Å². The lowest BCUT2D eigenvalue weighted by molar-refractivity contribution is -0.126. The summed E-state index contributed by atoms with van der Waals surface area (Å²) in [6, 6.07) is 0.733. The predicted molar refractivity (Wildman–Crippen MR) is 81.7 cm³/mol. The summed E-state index contributed by atoms with van der Waals surface area (Å²) in [6.07, 6.45) is 1.06. The van der Waals surface area contributed by atoms with Gasteiger partial charge in [0.05, 0.1) is 6.04 Å². The Bertz CT molecular complexity index is 309. The van der Waals surface area contributed by atoms with Gasteiger partial charge in [-0.1, -0.05) is 13.8 Å². The molecule has 0 aromatic rings. The summed E-state index contributed by atoms with van der Waals surface area (Å²) in [7, 11) is 0. The van der Waals surface area contributed by atoms with Crippen LogP contribution in [0.5, 0.6) is 0 Å². The Kier molecular flexibility index (Phi) is 5.81. The Hall–Kier alpha value is -0.650. The van der Waals surface area contributed by atoms with Crippen LogP contribution in [0.1, 0.15) is 27.2 Å². The molecule has 0 aromatic carbocycles. The molecule has 2 N–H and O–H groups in total. The van der Waals surface area contributed by atoms with Gasteiger partial charge < -0.3 is 10.6 Å². The largest absolute Gasteiger partial charge is 0.355 e. The van der Waals surface area contributed by atoms with Gasteiger partial charge in [0.25, 0.3) is 0 Å². The van der Waals surface area contributed by atoms with E-state index >= 15 is 0 Å². The number of nitrogens with one attached hydrogen (secondary N) is 2. The molecule has 0 saturated carbocycles. The molecule has 0 bridgehead atoms. The van der Waals surface area contributed by atoms with Crippen molar-refractivity contribution in [1.29, 1.82) is 0 Å². The van der Waals surface area contributed by atoms with E-state index in [4.69, 9.17) is 0 Å². The number of piperazine rings is 1. The second-order valence-electron chi connectivity index (χ2n) is 6.53. The van der Waals surface area contributed by atoms with Crippen molar-refractivity contribution in [1.82, 2.24) is 20.4 Å². The summed E-state index contributed by atoms with van der Waals surface area (Å²) in [5.41, 5.74) is 0. The van der Waals surface area contributed by atoms with E-state index in [1.54, 1.807) is 0 Å². The molecule has 5 heteroatoms. The Labute approximate surface area is 123 Å². The molecule has 2 aliphatic rings. The van der Waals surface area contributed by atoms with Gasteiger partial charge in [-0.25, -0.2) is 0 Å². The fraction of sp³-hybridized carbons (Fsp3) is 0.933. The molecule has 20 heavy (non-hydrogen) atoms. The van der Waals surface area contributed by atoms with Gasteiger partial charge in [0.2, 0.25) is 5.91 Å². The van der Waals surface area contributed by atoms with Crippen molar-refractivity contribution in [2.75, 3.05) is 45.8 Å². The third-order valence-corrected chi connectivity index (χ3v) is 4.57. The van der Waals surface area contributed by atoms with Crippen LogP contribution in [0.15, 0.2) is 0 Å². The molecule has 0 aromatic heterocycles. The summed E-state index contributed by atoms with van der Waals surface area (Å²) in [6.45, 7) is 13.7. The van der Waals surface area contributed by atoms with Crippen LogP contribution in [-0.2, 0) is 4.79 Å². The summed E-state index contributed by atoms with van der Waals surface area (Å²) in [5.74, 6) is 0.828. The average molecular weight is 282 g/mol. The lowest BCUT2D eigenvalue weighted by Crippen LogP contribution is -2.63. The van der Waals surface area contributed by atoms with Crippen molar-refractivity contribution in [2.24, 2.45) is 5.92 Å². The first-order chi connectivity index (χ1) is 9.58. The molecule has 1 atom stereocenters. The maximum atomic E-state index is 12.1. The van der Waals surface area contributed by atoms with Crippen molar-refractivity contribution in [2.45, 2.75) is 39.3 Å². The Morgan fingerprint density at radius 2 is 1.85 bits per heavy atom. The van der Waals surface area contributed by atoms with E-state index in [2.05, 4.69) is 34.3 Å². The minimum atomic E-state index is 0.00354. The van der Waals surface area contributed by atoms with Gasteiger partial charge in [-0.2, -0.15) is 0 Å². The van der Waals surface area contributed by atoms with Crippen LogP contribution in [-0.4, -0.2) is 73.6 Å². The standard InChI is InChI=1S/C15H30N4O/c1-12(2)4-5-17-15(20)13(3)18-6-8-19(9-7-18)14-10-16-11-14/h12-14,16H,4-11H2,1-3H3,(H,17,20). The van der Waals surface area contributed by atoms with Crippen molar-refractivity contribution >= 4 is 5.91 Å². The molecule has 2 heterocycles. The summed E-state index contributed by atoms with van der Waals surface area (Å²) >= 11 is 0. The van der Waals surface area contributed by atoms with E-state index in [0.29, 0.717) is 5.92 Å². The topological polar surface area (TPSA) is 47.6 Å². The highest BCUT2D eigenvalue weighted by molar-refractivity contribution is 5.81. The molecule has 2 fully saturated rings. The number of nitrogens with zero attached hydrogens (tertiary/aromatic N) is 2. The normalized spacial score (nSPS) is 23.6. The Balaban J connectivity index is 1.67. The first kappa shape index (κ1) is 15.7. The maximum Gasteiger partial charge on any atom is 0.237 e. The first-order valence-electron chi connectivity index (χ1n) is 8.04. The van der Waals surface area contributed by atoms with Crippen LogP contribution in [0.3, 0.4) is 0 Å². The van der Waals surface area contributed by atoms with E-state index in [-0.39, 0.29) is 11.9 Å². The summed E-state index contributed by atoms with van der Waals surface area (Å²) in [4.78, 5) is 17.0. The van der Waals surface area contributed by atoms with Gasteiger partial charge in [0.15, 0.2) is 0 Å². The number of hydrogen-bond acceptors (Lipinski definition) is 4. The van der Waals surface area contributed by atoms with Crippen LogP contribution in [0.4, 0.5) is 0 Å². The zero-order chi connectivity index (χ0) is 14.5. The van der Waals surface area contributed by atoms with Crippen molar-refractivity contribution in [3.8, 4) is 0 Å². The van der Waals surface area contributed by atoms with Crippen LogP contribution in [0.25, 0.3) is 0 Å². The second-order valence-corrected chi connectivity index (χ2v) is 6.53. The number of amides is 1. The fourth-order valence-electron chi connectivity index (χ4n) is 2.82. The third-order valence-electron chi connectivity index (χ3n) is 4.57. The number of carbonyl (C=O) groups excluding carboxylic acids is 1. The van der Waals surface area contributed by atoms with Gasteiger partial charge in [0.1, 0.15) is 0 Å². The Morgan fingerprint density at radius 1 is 1.20 bits per heavy atom. The van der Waals surface area contributed by atoms with Gasteiger partial charge >= 0.3 is 0 Å². The number of carbonyl (C=O) groups is 1. The molecule has 0 aliphatic carbocycles. The smallest absolute Gasteiger partial charge is 0.237 e. The molecule has 5 nitrogen and oxygen atoms in total. The van der Waals surface area contributed by atoms with E-state index in [9.17, 15) is 4.79 Å². The molecule has 2 rings (SSSR count). The number of rotatable bonds is 6. The van der Waals surface area contributed by atoms with Crippen LogP contribution in [0.2, 0.25) is 0 Å². The van der Waals surface area contributed by atoms with E-state index < -0.39 is 0 Å². The minimum absolute atomic E-state index is 0.00354. The lowest BCUT2D eigenvalue weighted by atomic mass is 10.1. The zero-order valence-electron chi connectivity index (χ0n) is 13.2. The number of hydrogen-bond donors (Lipinski definition) is 2. The van der Waals surface area contributed by atoms with Crippen LogP contribution < -0.4 is 10.6 Å². The molecular weight excluding hydrogens is 252 g/mol. The van der Waals surface area contributed by atoms with Gasteiger partial charge in [0, 0.05) is 51.9 Å². The maximum absolute atomic E-state index is 12.1. The van der Waals surface area contributed by atoms with Gasteiger partial charge in [-0.05, 0) is 19.3 Å². The zero-order valence-corrected chi connectivity index (χ0v) is 13.2. The van der Waals surface area contributed by atoms with Crippen LogP contribution >= 0.6 is 0 Å². The average Bonchev–Trinajstić information content (AvgIpc) is 2.36.